The molecule has 3 rings (SSSR count). The van der Waals surface area contributed by atoms with Crippen LogP contribution in [-0.2, 0) is 10.0 Å². The minimum absolute atomic E-state index is 0.0936. The third kappa shape index (κ3) is 5.73. The molecule has 3 aromatic rings. The van der Waals surface area contributed by atoms with Gasteiger partial charge >= 0.3 is 6.03 Å². The highest BCUT2D eigenvalue weighted by Gasteiger charge is 2.23. The predicted molar refractivity (Wildman–Crippen MR) is 129 cm³/mol. The quantitative estimate of drug-likeness (QED) is 0.526. The summed E-state index contributed by atoms with van der Waals surface area (Å²) in [5, 5.41) is 11.7. The lowest BCUT2D eigenvalue weighted by atomic mass is 9.94. The Morgan fingerprint density at radius 2 is 1.86 bits per heavy atom. The molecule has 11 heteroatoms. The highest BCUT2D eigenvalue weighted by atomic mass is 32.2. The number of amides is 2. The number of hydrogen-bond acceptors (Lipinski definition) is 6. The maximum Gasteiger partial charge on any atom is 0.333 e. The van der Waals surface area contributed by atoms with E-state index >= 15 is 0 Å². The Labute approximate surface area is 202 Å². The Morgan fingerprint density at radius 3 is 2.49 bits per heavy atom. The van der Waals surface area contributed by atoms with Crippen molar-refractivity contribution >= 4 is 21.7 Å². The topological polar surface area (TPSA) is 134 Å². The van der Waals surface area contributed by atoms with E-state index in [0.717, 1.165) is 18.3 Å². The first kappa shape index (κ1) is 25.6. The van der Waals surface area contributed by atoms with Crippen molar-refractivity contribution in [3.63, 3.8) is 0 Å². The maximum absolute atomic E-state index is 14.5. The van der Waals surface area contributed by atoms with E-state index in [2.05, 4.69) is 10.3 Å². The molecular formula is C24H24FN5O4S. The number of urea groups is 1. The summed E-state index contributed by atoms with van der Waals surface area (Å²) in [5.41, 5.74) is 1.01. The second-order valence-corrected chi connectivity index (χ2v) is 10.1. The number of carbonyl (C=O) groups excluding carboxylic acids is 1. The zero-order valence-corrected chi connectivity index (χ0v) is 20.4. The highest BCUT2D eigenvalue weighted by Crippen LogP contribution is 2.36. The molecule has 0 atom stereocenters. The van der Waals surface area contributed by atoms with E-state index in [0.29, 0.717) is 11.1 Å². The standard InChI is InChI=1S/C24H24FN5O4S/c1-14(2)20-10-17(25)11-21(16-7-8-27-18(9-16)12-26)23(20)28-24(32)29-35(33,34)19-5-6-22(31)30(13-19)15(3)4/h5-11,13-15H,1-4H3,(H2,28,29,32). The Morgan fingerprint density at radius 1 is 1.14 bits per heavy atom. The Kier molecular flexibility index (Phi) is 7.36. The lowest BCUT2D eigenvalue weighted by molar-refractivity contribution is 0.256. The molecule has 0 saturated carbocycles. The van der Waals surface area contributed by atoms with Gasteiger partial charge in [0, 0.05) is 30.1 Å². The number of nitrogens with one attached hydrogen (secondary N) is 2. The van der Waals surface area contributed by atoms with Gasteiger partial charge in [0.15, 0.2) is 0 Å². The molecule has 0 saturated heterocycles. The summed E-state index contributed by atoms with van der Waals surface area (Å²) < 4.78 is 43.3. The van der Waals surface area contributed by atoms with Crippen molar-refractivity contribution in [2.75, 3.05) is 5.32 Å². The van der Waals surface area contributed by atoms with E-state index < -0.39 is 21.9 Å². The van der Waals surface area contributed by atoms with Gasteiger partial charge in [0.1, 0.15) is 22.5 Å². The number of carbonyl (C=O) groups is 1. The largest absolute Gasteiger partial charge is 0.333 e. The minimum atomic E-state index is -4.33. The number of hydrogen-bond donors (Lipinski definition) is 2. The third-order valence-corrected chi connectivity index (χ3v) is 6.50. The first-order valence-corrected chi connectivity index (χ1v) is 12.2. The monoisotopic (exact) mass is 497 g/mol. The van der Waals surface area contributed by atoms with E-state index in [9.17, 15) is 27.7 Å². The van der Waals surface area contributed by atoms with Crippen molar-refractivity contribution < 1.29 is 17.6 Å². The highest BCUT2D eigenvalue weighted by molar-refractivity contribution is 7.90. The summed E-state index contributed by atoms with van der Waals surface area (Å²) in [6.07, 6.45) is 2.54. The molecule has 0 fully saturated rings. The van der Waals surface area contributed by atoms with E-state index in [1.807, 2.05) is 10.8 Å². The van der Waals surface area contributed by atoms with Gasteiger partial charge < -0.3 is 9.88 Å². The number of benzene rings is 1. The second-order valence-electron chi connectivity index (χ2n) is 8.38. The number of halogens is 1. The third-order valence-electron chi connectivity index (χ3n) is 5.18. The second kappa shape index (κ2) is 10.1. The van der Waals surface area contributed by atoms with Gasteiger partial charge in [-0.05, 0) is 61.2 Å². The molecular weight excluding hydrogens is 473 g/mol. The van der Waals surface area contributed by atoms with Crippen LogP contribution in [0.15, 0.2) is 58.5 Å². The summed E-state index contributed by atoms with van der Waals surface area (Å²) >= 11 is 0. The Hall–Kier alpha value is -4.04. The molecule has 0 unspecified atom stereocenters. The van der Waals surface area contributed by atoms with E-state index in [4.69, 9.17) is 0 Å². The fourth-order valence-electron chi connectivity index (χ4n) is 3.48. The molecule has 2 amide bonds. The molecule has 9 nitrogen and oxygen atoms in total. The van der Waals surface area contributed by atoms with Crippen LogP contribution in [-0.4, -0.2) is 24.0 Å². The SMILES string of the molecule is CC(C)c1cc(F)cc(-c2ccnc(C#N)c2)c1NC(=O)NS(=O)(=O)c1ccc(=O)n(C(C)C)c1. The van der Waals surface area contributed by atoms with Crippen molar-refractivity contribution in [2.45, 2.75) is 44.6 Å². The van der Waals surface area contributed by atoms with Crippen LogP contribution in [0.2, 0.25) is 0 Å². The number of nitrogens with zero attached hydrogens (tertiary/aromatic N) is 3. The molecule has 0 spiro atoms. The van der Waals surface area contributed by atoms with Crippen molar-refractivity contribution in [3.8, 4) is 17.2 Å². The number of nitriles is 1. The summed E-state index contributed by atoms with van der Waals surface area (Å²) in [7, 11) is -4.33. The fraction of sp³-hybridized carbons (Fsp3) is 0.250. The molecule has 0 radical (unpaired) electrons. The van der Waals surface area contributed by atoms with Gasteiger partial charge in [-0.2, -0.15) is 5.26 Å². The zero-order chi connectivity index (χ0) is 25.9. The van der Waals surface area contributed by atoms with Gasteiger partial charge in [-0.3, -0.25) is 4.79 Å². The molecule has 182 valence electrons. The van der Waals surface area contributed by atoms with Crippen molar-refractivity contribution in [1.29, 1.82) is 5.26 Å². The van der Waals surface area contributed by atoms with Gasteiger partial charge in [-0.15, -0.1) is 0 Å². The van der Waals surface area contributed by atoms with Crippen LogP contribution in [0, 0.1) is 17.1 Å². The van der Waals surface area contributed by atoms with E-state index in [1.165, 1.54) is 29.0 Å². The normalized spacial score (nSPS) is 11.4. The molecule has 1 aromatic carbocycles. The molecule has 0 aliphatic rings. The summed E-state index contributed by atoms with van der Waals surface area (Å²) in [5.74, 6) is -0.795. The first-order chi connectivity index (χ1) is 16.4. The molecule has 2 aromatic heterocycles. The molecule has 0 bridgehead atoms. The van der Waals surface area contributed by atoms with Crippen LogP contribution in [0.25, 0.3) is 11.1 Å². The number of sulfonamides is 1. The molecule has 0 aliphatic carbocycles. The molecule has 2 N–H and O–H groups in total. The van der Waals surface area contributed by atoms with Gasteiger partial charge in [0.25, 0.3) is 15.6 Å². The van der Waals surface area contributed by atoms with E-state index in [-0.39, 0.29) is 39.4 Å². The van der Waals surface area contributed by atoms with Crippen molar-refractivity contribution in [3.05, 3.63) is 76.2 Å². The predicted octanol–water partition coefficient (Wildman–Crippen LogP) is 4.14. The van der Waals surface area contributed by atoms with Crippen LogP contribution in [0.1, 0.15) is 50.9 Å². The lowest BCUT2D eigenvalue weighted by Crippen LogP contribution is -2.35. The van der Waals surface area contributed by atoms with Crippen LogP contribution in [0.3, 0.4) is 0 Å². The molecule has 35 heavy (non-hydrogen) atoms. The molecule has 0 aliphatic heterocycles. The number of aromatic nitrogens is 2. The number of rotatable bonds is 6. The smallest absolute Gasteiger partial charge is 0.312 e. The van der Waals surface area contributed by atoms with Gasteiger partial charge in [0.2, 0.25) is 0 Å². The first-order valence-electron chi connectivity index (χ1n) is 10.7. The average Bonchev–Trinajstić information content (AvgIpc) is 2.79. The Balaban J connectivity index is 2.02. The minimum Gasteiger partial charge on any atom is -0.312 e. The molecule has 2 heterocycles. The van der Waals surface area contributed by atoms with Gasteiger partial charge in [-0.1, -0.05) is 13.8 Å². The lowest BCUT2D eigenvalue weighted by Gasteiger charge is -2.19. The van der Waals surface area contributed by atoms with Crippen LogP contribution in [0.5, 0.6) is 0 Å². The Bertz CT molecular complexity index is 1490. The average molecular weight is 498 g/mol. The van der Waals surface area contributed by atoms with Gasteiger partial charge in [-0.25, -0.2) is 27.3 Å². The van der Waals surface area contributed by atoms with Crippen LogP contribution >= 0.6 is 0 Å². The van der Waals surface area contributed by atoms with Crippen molar-refractivity contribution in [2.24, 2.45) is 0 Å². The summed E-state index contributed by atoms with van der Waals surface area (Å²) in [6, 6.07) is 8.19. The van der Waals surface area contributed by atoms with Crippen LogP contribution in [0.4, 0.5) is 14.9 Å². The summed E-state index contributed by atoms with van der Waals surface area (Å²) in [4.78, 5) is 28.4. The number of anilines is 1. The fourth-order valence-corrected chi connectivity index (χ4v) is 4.39. The zero-order valence-electron chi connectivity index (χ0n) is 19.5. The van der Waals surface area contributed by atoms with Gasteiger partial charge in [0.05, 0.1) is 5.69 Å². The van der Waals surface area contributed by atoms with E-state index in [1.54, 1.807) is 33.8 Å². The number of pyridine rings is 2. The maximum atomic E-state index is 14.5. The summed E-state index contributed by atoms with van der Waals surface area (Å²) in [6.45, 7) is 7.03. The van der Waals surface area contributed by atoms with Crippen LogP contribution < -0.4 is 15.6 Å². The van der Waals surface area contributed by atoms with Crippen molar-refractivity contribution in [1.82, 2.24) is 14.3 Å².